The number of nitrogens with two attached hydrogens (primary N) is 3. The average Bonchev–Trinajstić information content (AvgIpc) is 2.29. The first-order valence-corrected chi connectivity index (χ1v) is 5.50. The molecule has 16 heavy (non-hydrogen) atoms. The molecule has 6 nitrogen and oxygen atoms in total. The van der Waals surface area contributed by atoms with Crippen molar-refractivity contribution in [1.82, 2.24) is 0 Å². The topological polar surface area (TPSA) is 125 Å². The van der Waals surface area contributed by atoms with E-state index in [-0.39, 0.29) is 18.4 Å². The number of carboxylic acids is 1. The summed E-state index contributed by atoms with van der Waals surface area (Å²) in [5.74, 6) is -0.868. The number of carboxylic acid groups (broad SMARTS) is 1. The van der Waals surface area contributed by atoms with E-state index in [1.807, 2.05) is 0 Å². The quantitative estimate of drug-likeness (QED) is 0.363. The molecule has 6 heteroatoms. The van der Waals surface area contributed by atoms with E-state index >= 15 is 0 Å². The Balaban J connectivity index is 3.95. The van der Waals surface area contributed by atoms with Gasteiger partial charge in [0, 0.05) is 18.5 Å². The molecule has 0 unspecified atom stereocenters. The zero-order valence-electron chi connectivity index (χ0n) is 9.65. The zero-order valence-corrected chi connectivity index (χ0v) is 9.65. The van der Waals surface area contributed by atoms with Gasteiger partial charge in [-0.15, -0.1) is 0 Å². The van der Waals surface area contributed by atoms with E-state index in [1.165, 1.54) is 0 Å². The van der Waals surface area contributed by atoms with Gasteiger partial charge in [-0.2, -0.15) is 0 Å². The Morgan fingerprint density at radius 1 is 1.25 bits per heavy atom. The van der Waals surface area contributed by atoms with Gasteiger partial charge in [0.25, 0.3) is 0 Å². The van der Waals surface area contributed by atoms with Gasteiger partial charge in [0.05, 0.1) is 19.6 Å². The maximum absolute atomic E-state index is 10.3. The lowest BCUT2D eigenvalue weighted by Gasteiger charge is -2.30. The number of ether oxygens (including phenoxy) is 1. The standard InChI is InChI=1S/C10H23N3O3/c11-4-1-3-10(6-12,7-13)8-16-5-2-9(14)15/h1-8,11-13H2,(H,14,15). The van der Waals surface area contributed by atoms with Crippen molar-refractivity contribution in [3.8, 4) is 0 Å². The molecule has 0 saturated heterocycles. The Bertz CT molecular complexity index is 196. The third-order valence-electron chi connectivity index (χ3n) is 2.65. The van der Waals surface area contributed by atoms with Gasteiger partial charge in [0.2, 0.25) is 0 Å². The van der Waals surface area contributed by atoms with Crippen molar-refractivity contribution in [3.05, 3.63) is 0 Å². The summed E-state index contributed by atoms with van der Waals surface area (Å²) in [7, 11) is 0. The molecular formula is C10H23N3O3. The van der Waals surface area contributed by atoms with E-state index in [9.17, 15) is 4.79 Å². The van der Waals surface area contributed by atoms with Crippen molar-refractivity contribution in [3.63, 3.8) is 0 Å². The molecule has 0 aromatic carbocycles. The Kier molecular flexibility index (Phi) is 8.10. The molecule has 0 aliphatic rings. The highest BCUT2D eigenvalue weighted by Gasteiger charge is 2.26. The lowest BCUT2D eigenvalue weighted by Crippen LogP contribution is -2.42. The van der Waals surface area contributed by atoms with Crippen molar-refractivity contribution in [2.45, 2.75) is 19.3 Å². The molecular weight excluding hydrogens is 210 g/mol. The molecule has 0 aromatic rings. The maximum atomic E-state index is 10.3. The highest BCUT2D eigenvalue weighted by atomic mass is 16.5. The summed E-state index contributed by atoms with van der Waals surface area (Å²) in [6.45, 7) is 2.04. The highest BCUT2D eigenvalue weighted by molar-refractivity contribution is 5.66. The van der Waals surface area contributed by atoms with Gasteiger partial charge in [0.1, 0.15) is 0 Å². The number of aliphatic carboxylic acids is 1. The Labute approximate surface area is 96.1 Å². The minimum Gasteiger partial charge on any atom is -0.481 e. The lowest BCUT2D eigenvalue weighted by atomic mass is 9.84. The van der Waals surface area contributed by atoms with Crippen LogP contribution in [0.4, 0.5) is 0 Å². The van der Waals surface area contributed by atoms with E-state index in [1.54, 1.807) is 0 Å². The summed E-state index contributed by atoms with van der Waals surface area (Å²) in [6.07, 6.45) is 1.66. The molecule has 0 aromatic heterocycles. The molecule has 96 valence electrons. The fraction of sp³-hybridized carbons (Fsp3) is 0.900. The van der Waals surface area contributed by atoms with Gasteiger partial charge in [-0.3, -0.25) is 4.79 Å². The predicted molar refractivity (Wildman–Crippen MR) is 61.9 cm³/mol. The van der Waals surface area contributed by atoms with Crippen LogP contribution in [0.3, 0.4) is 0 Å². The average molecular weight is 233 g/mol. The van der Waals surface area contributed by atoms with Crippen LogP contribution in [-0.2, 0) is 9.53 Å². The molecule has 0 atom stereocenters. The van der Waals surface area contributed by atoms with Crippen molar-refractivity contribution >= 4 is 5.97 Å². The van der Waals surface area contributed by atoms with Gasteiger partial charge in [-0.05, 0) is 19.4 Å². The van der Waals surface area contributed by atoms with Gasteiger partial charge < -0.3 is 27.0 Å². The second-order valence-corrected chi connectivity index (χ2v) is 4.00. The first kappa shape index (κ1) is 15.3. The van der Waals surface area contributed by atoms with E-state index in [4.69, 9.17) is 27.0 Å². The predicted octanol–water partition coefficient (Wildman–Crippen LogP) is -0.880. The van der Waals surface area contributed by atoms with E-state index in [2.05, 4.69) is 0 Å². The van der Waals surface area contributed by atoms with Crippen LogP contribution in [0.25, 0.3) is 0 Å². The van der Waals surface area contributed by atoms with Crippen LogP contribution in [0.15, 0.2) is 0 Å². The van der Waals surface area contributed by atoms with Crippen molar-refractivity contribution < 1.29 is 14.6 Å². The fourth-order valence-electron chi connectivity index (χ4n) is 1.40. The number of hydrogen-bond donors (Lipinski definition) is 4. The molecule has 0 heterocycles. The fourth-order valence-corrected chi connectivity index (χ4v) is 1.40. The van der Waals surface area contributed by atoms with Crippen molar-refractivity contribution in [1.29, 1.82) is 0 Å². The molecule has 0 radical (unpaired) electrons. The van der Waals surface area contributed by atoms with Crippen LogP contribution in [0, 0.1) is 5.41 Å². The first-order chi connectivity index (χ1) is 7.60. The van der Waals surface area contributed by atoms with Crippen molar-refractivity contribution in [2.75, 3.05) is 32.8 Å². The van der Waals surface area contributed by atoms with Crippen LogP contribution in [0.2, 0.25) is 0 Å². The summed E-state index contributed by atoms with van der Waals surface area (Å²) in [5, 5.41) is 8.45. The summed E-state index contributed by atoms with van der Waals surface area (Å²) in [6, 6.07) is 0. The van der Waals surface area contributed by atoms with Crippen LogP contribution >= 0.6 is 0 Å². The Hall–Kier alpha value is -0.690. The summed E-state index contributed by atoms with van der Waals surface area (Å²) < 4.78 is 5.31. The molecule has 0 spiro atoms. The van der Waals surface area contributed by atoms with E-state index < -0.39 is 5.97 Å². The third-order valence-corrected chi connectivity index (χ3v) is 2.65. The number of hydrogen-bond acceptors (Lipinski definition) is 5. The van der Waals surface area contributed by atoms with Gasteiger partial charge in [-0.25, -0.2) is 0 Å². The SMILES string of the molecule is NCCCC(CN)(CN)COCCC(=O)O. The van der Waals surface area contributed by atoms with Crippen molar-refractivity contribution in [2.24, 2.45) is 22.6 Å². The van der Waals surface area contributed by atoms with Crippen LogP contribution < -0.4 is 17.2 Å². The van der Waals surface area contributed by atoms with Gasteiger partial charge in [0.15, 0.2) is 0 Å². The summed E-state index contributed by atoms with van der Waals surface area (Å²) in [4.78, 5) is 10.3. The molecule has 7 N–H and O–H groups in total. The number of carbonyl (C=O) groups is 1. The van der Waals surface area contributed by atoms with Gasteiger partial charge in [-0.1, -0.05) is 0 Å². The smallest absolute Gasteiger partial charge is 0.305 e. The molecule has 0 aliphatic carbocycles. The molecule has 0 saturated carbocycles. The highest BCUT2D eigenvalue weighted by Crippen LogP contribution is 2.21. The third kappa shape index (κ3) is 6.02. The van der Waals surface area contributed by atoms with Gasteiger partial charge >= 0.3 is 5.97 Å². The molecule has 0 fully saturated rings. The van der Waals surface area contributed by atoms with E-state index in [0.29, 0.717) is 26.2 Å². The molecule has 0 aliphatic heterocycles. The molecule has 0 rings (SSSR count). The van der Waals surface area contributed by atoms with Crippen LogP contribution in [-0.4, -0.2) is 43.9 Å². The minimum absolute atomic E-state index is 0.00209. The zero-order chi connectivity index (χ0) is 12.4. The molecule has 0 bridgehead atoms. The maximum Gasteiger partial charge on any atom is 0.305 e. The number of rotatable bonds is 10. The minimum atomic E-state index is -0.868. The normalized spacial score (nSPS) is 11.7. The van der Waals surface area contributed by atoms with E-state index in [0.717, 1.165) is 12.8 Å². The molecule has 0 amide bonds. The first-order valence-electron chi connectivity index (χ1n) is 5.50. The summed E-state index contributed by atoms with van der Waals surface area (Å²) in [5.41, 5.74) is 16.5. The van der Waals surface area contributed by atoms with Crippen LogP contribution in [0.5, 0.6) is 0 Å². The monoisotopic (exact) mass is 233 g/mol. The Morgan fingerprint density at radius 3 is 2.31 bits per heavy atom. The summed E-state index contributed by atoms with van der Waals surface area (Å²) >= 11 is 0. The van der Waals surface area contributed by atoms with Crippen LogP contribution in [0.1, 0.15) is 19.3 Å². The lowest BCUT2D eigenvalue weighted by molar-refractivity contribution is -0.138. The largest absolute Gasteiger partial charge is 0.481 e. The Morgan fingerprint density at radius 2 is 1.88 bits per heavy atom. The second-order valence-electron chi connectivity index (χ2n) is 4.00. The second kappa shape index (κ2) is 8.46.